The van der Waals surface area contributed by atoms with Crippen LogP contribution in [0.4, 0.5) is 11.4 Å². The molecule has 168 valence electrons. The monoisotopic (exact) mass is 472 g/mol. The minimum atomic E-state index is -3.78. The van der Waals surface area contributed by atoms with Crippen molar-refractivity contribution < 1.29 is 17.9 Å². The van der Waals surface area contributed by atoms with E-state index in [0.717, 1.165) is 11.3 Å². The second kappa shape index (κ2) is 10.5. The zero-order valence-corrected chi connectivity index (χ0v) is 19.5. The van der Waals surface area contributed by atoms with Crippen molar-refractivity contribution in [1.29, 1.82) is 0 Å². The van der Waals surface area contributed by atoms with E-state index < -0.39 is 10.0 Å². The summed E-state index contributed by atoms with van der Waals surface area (Å²) in [4.78, 5) is 12.2. The van der Waals surface area contributed by atoms with Gasteiger partial charge in [0.25, 0.3) is 10.0 Å². The number of aryl methyl sites for hydroxylation is 1. The van der Waals surface area contributed by atoms with Crippen LogP contribution in [0.1, 0.15) is 24.0 Å². The number of rotatable bonds is 9. The van der Waals surface area contributed by atoms with Gasteiger partial charge in [-0.3, -0.25) is 9.52 Å². The lowest BCUT2D eigenvalue weighted by Crippen LogP contribution is -2.15. The number of hydrogen-bond acceptors (Lipinski definition) is 4. The lowest BCUT2D eigenvalue weighted by Gasteiger charge is -2.12. The van der Waals surface area contributed by atoms with Crippen LogP contribution in [0.5, 0.6) is 5.75 Å². The van der Waals surface area contributed by atoms with Crippen molar-refractivity contribution in [3.63, 3.8) is 0 Å². The fourth-order valence-corrected chi connectivity index (χ4v) is 4.22. The molecule has 3 aromatic carbocycles. The quantitative estimate of drug-likeness (QED) is 0.399. The Labute approximate surface area is 193 Å². The molecule has 0 radical (unpaired) electrons. The summed E-state index contributed by atoms with van der Waals surface area (Å²) in [7, 11) is -3.78. The number of halogens is 1. The Kier molecular flexibility index (Phi) is 7.77. The van der Waals surface area contributed by atoms with Crippen LogP contribution in [0.3, 0.4) is 0 Å². The maximum absolute atomic E-state index is 12.7. The molecule has 0 spiro atoms. The number of amides is 1. The molecule has 2 N–H and O–H groups in total. The number of sulfonamides is 1. The smallest absolute Gasteiger partial charge is 0.261 e. The Bertz CT molecular complexity index is 1180. The van der Waals surface area contributed by atoms with Crippen LogP contribution >= 0.6 is 11.6 Å². The first-order valence-corrected chi connectivity index (χ1v) is 12.0. The zero-order valence-electron chi connectivity index (χ0n) is 17.9. The summed E-state index contributed by atoms with van der Waals surface area (Å²) < 4.78 is 33.5. The molecule has 0 aliphatic heterocycles. The van der Waals surface area contributed by atoms with Gasteiger partial charge in [0.15, 0.2) is 0 Å². The Morgan fingerprint density at radius 3 is 2.34 bits per heavy atom. The maximum Gasteiger partial charge on any atom is 0.261 e. The van der Waals surface area contributed by atoms with Crippen molar-refractivity contribution in [3.8, 4) is 5.75 Å². The van der Waals surface area contributed by atoms with Gasteiger partial charge in [0, 0.05) is 17.1 Å². The Balaban J connectivity index is 1.50. The summed E-state index contributed by atoms with van der Waals surface area (Å²) in [6, 6.07) is 18.8. The Hall–Kier alpha value is -3.03. The largest absolute Gasteiger partial charge is 0.494 e. The third-order valence-electron chi connectivity index (χ3n) is 4.80. The molecule has 8 heteroatoms. The lowest BCUT2D eigenvalue weighted by molar-refractivity contribution is -0.116. The second-order valence-electron chi connectivity index (χ2n) is 7.36. The Morgan fingerprint density at radius 2 is 1.66 bits per heavy atom. The molecule has 0 aliphatic rings. The number of carbonyl (C=O) groups excluding carboxylic acids is 1. The molecule has 0 saturated heterocycles. The molecular formula is C24H25ClN2O4S. The highest BCUT2D eigenvalue weighted by molar-refractivity contribution is 7.92. The summed E-state index contributed by atoms with van der Waals surface area (Å²) in [5, 5.41) is 3.25. The molecular weight excluding hydrogens is 448 g/mol. The fraction of sp³-hybridized carbons (Fsp3) is 0.208. The molecule has 32 heavy (non-hydrogen) atoms. The molecule has 0 fully saturated rings. The average Bonchev–Trinajstić information content (AvgIpc) is 2.76. The summed E-state index contributed by atoms with van der Waals surface area (Å²) in [5.41, 5.74) is 2.74. The molecule has 0 saturated carbocycles. The van der Waals surface area contributed by atoms with Gasteiger partial charge in [-0.15, -0.1) is 0 Å². The van der Waals surface area contributed by atoms with Gasteiger partial charge in [-0.2, -0.15) is 0 Å². The van der Waals surface area contributed by atoms with Crippen LogP contribution in [0.15, 0.2) is 71.6 Å². The average molecular weight is 473 g/mol. The molecule has 0 atom stereocenters. The van der Waals surface area contributed by atoms with Gasteiger partial charge in [0.2, 0.25) is 5.91 Å². The minimum absolute atomic E-state index is 0.0846. The molecule has 0 aromatic heterocycles. The standard InChI is InChI=1S/C24H25ClN2O4S/c1-17-8-12-20(13-9-17)31-16-4-7-24(28)26-19-10-14-21(15-11-19)32(29,30)27-23-6-3-5-22(25)18(23)2/h3,5-6,8-15,27H,4,7,16H2,1-2H3,(H,26,28). The first kappa shape index (κ1) is 23.6. The number of nitrogens with one attached hydrogen (secondary N) is 2. The molecule has 0 aliphatic carbocycles. The SMILES string of the molecule is Cc1ccc(OCCCC(=O)Nc2ccc(S(=O)(=O)Nc3cccc(Cl)c3C)cc2)cc1. The van der Waals surface area contributed by atoms with E-state index in [1.54, 1.807) is 37.3 Å². The predicted octanol–water partition coefficient (Wildman–Crippen LogP) is 5.56. The number of anilines is 2. The van der Waals surface area contributed by atoms with Crippen LogP contribution in [-0.4, -0.2) is 20.9 Å². The van der Waals surface area contributed by atoms with Gasteiger partial charge in [0.05, 0.1) is 17.2 Å². The van der Waals surface area contributed by atoms with Gasteiger partial charge in [-0.05, 0) is 74.4 Å². The zero-order chi connectivity index (χ0) is 23.1. The minimum Gasteiger partial charge on any atom is -0.494 e. The van der Waals surface area contributed by atoms with Crippen molar-refractivity contribution in [2.45, 2.75) is 31.6 Å². The van der Waals surface area contributed by atoms with E-state index in [1.807, 2.05) is 31.2 Å². The Morgan fingerprint density at radius 1 is 0.969 bits per heavy atom. The van der Waals surface area contributed by atoms with E-state index in [9.17, 15) is 13.2 Å². The van der Waals surface area contributed by atoms with E-state index in [4.69, 9.17) is 16.3 Å². The highest BCUT2D eigenvalue weighted by Gasteiger charge is 2.16. The topological polar surface area (TPSA) is 84.5 Å². The first-order valence-electron chi connectivity index (χ1n) is 10.1. The van der Waals surface area contributed by atoms with Crippen LogP contribution in [-0.2, 0) is 14.8 Å². The summed E-state index contributed by atoms with van der Waals surface area (Å²) in [6.07, 6.45) is 0.858. The van der Waals surface area contributed by atoms with Gasteiger partial charge < -0.3 is 10.1 Å². The van der Waals surface area contributed by atoms with E-state index >= 15 is 0 Å². The van der Waals surface area contributed by atoms with Crippen LogP contribution in [0.2, 0.25) is 5.02 Å². The lowest BCUT2D eigenvalue weighted by atomic mass is 10.2. The van der Waals surface area contributed by atoms with Crippen molar-refractivity contribution in [3.05, 3.63) is 82.9 Å². The van der Waals surface area contributed by atoms with Gasteiger partial charge in [-0.1, -0.05) is 35.4 Å². The van der Waals surface area contributed by atoms with Crippen molar-refractivity contribution >= 4 is 38.9 Å². The second-order valence-corrected chi connectivity index (χ2v) is 9.45. The van der Waals surface area contributed by atoms with E-state index in [2.05, 4.69) is 10.0 Å². The van der Waals surface area contributed by atoms with Crippen LogP contribution < -0.4 is 14.8 Å². The molecule has 0 unspecified atom stereocenters. The number of hydrogen-bond donors (Lipinski definition) is 2. The van der Waals surface area contributed by atoms with Crippen LogP contribution in [0, 0.1) is 13.8 Å². The van der Waals surface area contributed by atoms with Gasteiger partial charge in [-0.25, -0.2) is 8.42 Å². The first-order chi connectivity index (χ1) is 15.2. The molecule has 1 amide bonds. The summed E-state index contributed by atoms with van der Waals surface area (Å²) >= 11 is 6.06. The highest BCUT2D eigenvalue weighted by atomic mass is 35.5. The maximum atomic E-state index is 12.7. The normalized spacial score (nSPS) is 11.1. The van der Waals surface area contributed by atoms with E-state index in [1.165, 1.54) is 12.1 Å². The number of ether oxygens (including phenoxy) is 1. The molecule has 3 rings (SSSR count). The fourth-order valence-electron chi connectivity index (χ4n) is 2.92. The van der Waals surface area contributed by atoms with Crippen molar-refractivity contribution in [1.82, 2.24) is 0 Å². The van der Waals surface area contributed by atoms with E-state index in [0.29, 0.717) is 41.4 Å². The number of carbonyl (C=O) groups is 1. The summed E-state index contributed by atoms with van der Waals surface area (Å²) in [5.74, 6) is 0.607. The summed E-state index contributed by atoms with van der Waals surface area (Å²) in [6.45, 7) is 4.18. The van der Waals surface area contributed by atoms with Crippen molar-refractivity contribution in [2.75, 3.05) is 16.6 Å². The van der Waals surface area contributed by atoms with Crippen molar-refractivity contribution in [2.24, 2.45) is 0 Å². The molecule has 3 aromatic rings. The molecule has 6 nitrogen and oxygen atoms in total. The van der Waals surface area contributed by atoms with Gasteiger partial charge in [0.1, 0.15) is 5.75 Å². The van der Waals surface area contributed by atoms with E-state index in [-0.39, 0.29) is 10.8 Å². The third-order valence-corrected chi connectivity index (χ3v) is 6.59. The van der Waals surface area contributed by atoms with Crippen LogP contribution in [0.25, 0.3) is 0 Å². The highest BCUT2D eigenvalue weighted by Crippen LogP contribution is 2.26. The third kappa shape index (κ3) is 6.48. The van der Waals surface area contributed by atoms with Gasteiger partial charge >= 0.3 is 0 Å². The molecule has 0 bridgehead atoms. The molecule has 0 heterocycles. The predicted molar refractivity (Wildman–Crippen MR) is 128 cm³/mol. The number of benzene rings is 3.